The highest BCUT2D eigenvalue weighted by molar-refractivity contribution is 5.97. The molecule has 2 atom stereocenters. The van der Waals surface area contributed by atoms with Crippen LogP contribution in [-0.4, -0.2) is 37.4 Å². The molecule has 2 rings (SSSR count). The number of aryl methyl sites for hydroxylation is 1. The van der Waals surface area contributed by atoms with Gasteiger partial charge in [0.25, 0.3) is 5.91 Å². The van der Waals surface area contributed by atoms with Gasteiger partial charge in [0.15, 0.2) is 0 Å². The lowest BCUT2D eigenvalue weighted by molar-refractivity contribution is -0.120. The van der Waals surface area contributed by atoms with Gasteiger partial charge in [-0.05, 0) is 56.0 Å². The van der Waals surface area contributed by atoms with E-state index >= 15 is 0 Å². The first-order chi connectivity index (χ1) is 10.4. The third kappa shape index (κ3) is 3.47. The molecule has 0 aliphatic heterocycles. The Balaban J connectivity index is 2.09. The number of benzene rings is 1. The van der Waals surface area contributed by atoms with Crippen LogP contribution in [0.2, 0.25) is 0 Å². The van der Waals surface area contributed by atoms with E-state index in [9.17, 15) is 9.59 Å². The van der Waals surface area contributed by atoms with Crippen molar-refractivity contribution in [2.45, 2.75) is 26.2 Å². The molecule has 5 heteroatoms. The van der Waals surface area contributed by atoms with Crippen LogP contribution < -0.4 is 11.1 Å². The maximum absolute atomic E-state index is 12.4. The van der Waals surface area contributed by atoms with Gasteiger partial charge in [-0.2, -0.15) is 0 Å². The minimum atomic E-state index is -0.0330. The molecule has 2 amide bonds. The predicted octanol–water partition coefficient (Wildman–Crippen LogP) is 2.01. The van der Waals surface area contributed by atoms with E-state index in [1.807, 2.05) is 13.0 Å². The molecule has 1 fully saturated rings. The molecule has 1 aromatic carbocycles. The van der Waals surface area contributed by atoms with Gasteiger partial charge >= 0.3 is 0 Å². The quantitative estimate of drug-likeness (QED) is 0.893. The summed E-state index contributed by atoms with van der Waals surface area (Å²) in [6.07, 6.45) is 3.00. The number of amides is 2. The maximum atomic E-state index is 12.4. The molecule has 0 aromatic heterocycles. The summed E-state index contributed by atoms with van der Waals surface area (Å²) in [5, 5.41) is 2.96. The lowest BCUT2D eigenvalue weighted by Gasteiger charge is -2.18. The van der Waals surface area contributed by atoms with Crippen LogP contribution in [0.15, 0.2) is 18.2 Å². The Morgan fingerprint density at radius 3 is 2.64 bits per heavy atom. The Bertz CT molecular complexity index is 569. The second-order valence-electron chi connectivity index (χ2n) is 6.25. The summed E-state index contributed by atoms with van der Waals surface area (Å²) in [7, 11) is 3.45. The van der Waals surface area contributed by atoms with Gasteiger partial charge in [0.05, 0.1) is 0 Å². The average Bonchev–Trinajstić information content (AvgIpc) is 2.95. The van der Waals surface area contributed by atoms with Crippen molar-refractivity contribution in [1.82, 2.24) is 4.90 Å². The number of hydrogen-bond donors (Lipinski definition) is 2. The normalized spacial score (nSPS) is 20.7. The highest BCUT2D eigenvalue weighted by atomic mass is 16.2. The Hall–Kier alpha value is -1.88. The van der Waals surface area contributed by atoms with Crippen molar-refractivity contribution in [3.05, 3.63) is 29.3 Å². The van der Waals surface area contributed by atoms with Gasteiger partial charge in [0.1, 0.15) is 0 Å². The van der Waals surface area contributed by atoms with Crippen molar-refractivity contribution in [1.29, 1.82) is 0 Å². The lowest BCUT2D eigenvalue weighted by Crippen LogP contribution is -2.29. The third-order valence-corrected chi connectivity index (χ3v) is 4.43. The molecule has 1 saturated carbocycles. The van der Waals surface area contributed by atoms with Gasteiger partial charge in [-0.15, -0.1) is 0 Å². The van der Waals surface area contributed by atoms with Crippen molar-refractivity contribution >= 4 is 17.5 Å². The van der Waals surface area contributed by atoms with Crippen molar-refractivity contribution in [2.75, 3.05) is 26.0 Å². The second-order valence-corrected chi connectivity index (χ2v) is 6.25. The summed E-state index contributed by atoms with van der Waals surface area (Å²) in [4.78, 5) is 25.9. The molecule has 3 N–H and O–H groups in total. The molecular formula is C17H25N3O2. The van der Waals surface area contributed by atoms with Gasteiger partial charge < -0.3 is 16.0 Å². The fraction of sp³-hybridized carbons (Fsp3) is 0.529. The van der Waals surface area contributed by atoms with Crippen LogP contribution in [0.25, 0.3) is 0 Å². The molecule has 1 aromatic rings. The smallest absolute Gasteiger partial charge is 0.253 e. The molecule has 5 nitrogen and oxygen atoms in total. The van der Waals surface area contributed by atoms with Crippen LogP contribution in [0.1, 0.15) is 35.2 Å². The molecular weight excluding hydrogens is 278 g/mol. The molecule has 0 radical (unpaired) electrons. The standard InChI is InChI=1S/C17H25N3O2/c1-11-9-13(7-8-14(11)17(22)20(2)3)19-16(21)15-6-4-5-12(15)10-18/h7-9,12,15H,4-6,10,18H2,1-3H3,(H,19,21)/t12-,15-/m1/s1. The molecule has 1 aliphatic rings. The highest BCUT2D eigenvalue weighted by Crippen LogP contribution is 2.32. The number of carbonyl (C=O) groups is 2. The zero-order valence-corrected chi connectivity index (χ0v) is 13.6. The average molecular weight is 303 g/mol. The Morgan fingerprint density at radius 1 is 1.32 bits per heavy atom. The second kappa shape index (κ2) is 6.92. The molecule has 120 valence electrons. The molecule has 0 unspecified atom stereocenters. The molecule has 0 heterocycles. The minimum Gasteiger partial charge on any atom is -0.345 e. The SMILES string of the molecule is Cc1cc(NC(=O)[C@@H]2CCC[C@@H]2CN)ccc1C(=O)N(C)C. The number of nitrogens with two attached hydrogens (primary N) is 1. The van der Waals surface area contributed by atoms with E-state index in [-0.39, 0.29) is 23.7 Å². The monoisotopic (exact) mass is 303 g/mol. The van der Waals surface area contributed by atoms with Crippen molar-refractivity contribution in [3.8, 4) is 0 Å². The number of carbonyl (C=O) groups excluding carboxylic acids is 2. The first-order valence-electron chi connectivity index (χ1n) is 7.77. The van der Waals surface area contributed by atoms with Crippen molar-refractivity contribution < 1.29 is 9.59 Å². The van der Waals surface area contributed by atoms with Gasteiger partial charge in [-0.1, -0.05) is 6.42 Å². The van der Waals surface area contributed by atoms with Crippen molar-refractivity contribution in [3.63, 3.8) is 0 Å². The molecule has 22 heavy (non-hydrogen) atoms. The van der Waals surface area contributed by atoms with Crippen LogP contribution in [0.3, 0.4) is 0 Å². The van der Waals surface area contributed by atoms with Gasteiger partial charge in [0.2, 0.25) is 5.91 Å². The summed E-state index contributed by atoms with van der Waals surface area (Å²) in [6, 6.07) is 5.40. The molecule has 0 spiro atoms. The molecule has 0 saturated heterocycles. The van der Waals surface area contributed by atoms with Crippen LogP contribution in [0, 0.1) is 18.8 Å². The largest absolute Gasteiger partial charge is 0.345 e. The van der Waals surface area contributed by atoms with E-state index in [2.05, 4.69) is 5.32 Å². The van der Waals surface area contributed by atoms with E-state index in [1.165, 1.54) is 0 Å². The molecule has 0 bridgehead atoms. The van der Waals surface area contributed by atoms with E-state index in [1.54, 1.807) is 31.1 Å². The van der Waals surface area contributed by atoms with Gasteiger partial charge in [-0.25, -0.2) is 0 Å². The van der Waals surface area contributed by atoms with Crippen LogP contribution in [0.4, 0.5) is 5.69 Å². The summed E-state index contributed by atoms with van der Waals surface area (Å²) in [5.41, 5.74) is 7.99. The van der Waals surface area contributed by atoms with Crippen molar-refractivity contribution in [2.24, 2.45) is 17.6 Å². The highest BCUT2D eigenvalue weighted by Gasteiger charge is 2.31. The summed E-state index contributed by atoms with van der Waals surface area (Å²) in [6.45, 7) is 2.44. The third-order valence-electron chi connectivity index (χ3n) is 4.43. The lowest BCUT2D eigenvalue weighted by atomic mass is 9.95. The number of nitrogens with zero attached hydrogens (tertiary/aromatic N) is 1. The topological polar surface area (TPSA) is 75.4 Å². The summed E-state index contributed by atoms with van der Waals surface area (Å²) >= 11 is 0. The Kier molecular flexibility index (Phi) is 5.19. The fourth-order valence-corrected chi connectivity index (χ4v) is 3.12. The number of hydrogen-bond acceptors (Lipinski definition) is 3. The zero-order valence-electron chi connectivity index (χ0n) is 13.6. The zero-order chi connectivity index (χ0) is 16.3. The minimum absolute atomic E-state index is 0.00777. The Labute approximate surface area is 131 Å². The van der Waals surface area contributed by atoms with E-state index in [0.717, 1.165) is 30.5 Å². The van der Waals surface area contributed by atoms with Gasteiger partial charge in [-0.3, -0.25) is 9.59 Å². The number of anilines is 1. The molecule has 1 aliphatic carbocycles. The first kappa shape index (κ1) is 16.5. The van der Waals surface area contributed by atoms with E-state index in [0.29, 0.717) is 12.1 Å². The maximum Gasteiger partial charge on any atom is 0.253 e. The van der Waals surface area contributed by atoms with Gasteiger partial charge in [0, 0.05) is 31.3 Å². The fourth-order valence-electron chi connectivity index (χ4n) is 3.12. The Morgan fingerprint density at radius 2 is 2.05 bits per heavy atom. The van der Waals surface area contributed by atoms with E-state index < -0.39 is 0 Å². The number of nitrogens with one attached hydrogen (secondary N) is 1. The summed E-state index contributed by atoms with van der Waals surface area (Å²) in [5.74, 6) is 0.303. The van der Waals surface area contributed by atoms with Crippen LogP contribution in [0.5, 0.6) is 0 Å². The van der Waals surface area contributed by atoms with E-state index in [4.69, 9.17) is 5.73 Å². The predicted molar refractivity (Wildman–Crippen MR) is 87.7 cm³/mol. The summed E-state index contributed by atoms with van der Waals surface area (Å²) < 4.78 is 0. The first-order valence-corrected chi connectivity index (χ1v) is 7.77. The van der Waals surface area contributed by atoms with Crippen LogP contribution >= 0.6 is 0 Å². The number of rotatable bonds is 4. The van der Waals surface area contributed by atoms with Crippen LogP contribution in [-0.2, 0) is 4.79 Å².